The molecule has 3 heteroatoms. The van der Waals surface area contributed by atoms with E-state index in [0.717, 1.165) is 13.1 Å². The normalized spacial score (nSPS) is 29.8. The van der Waals surface area contributed by atoms with Crippen molar-refractivity contribution in [2.24, 2.45) is 0 Å². The molecule has 3 saturated heterocycles. The number of rotatable bonds is 2. The van der Waals surface area contributed by atoms with E-state index in [9.17, 15) is 0 Å². The fourth-order valence-corrected chi connectivity index (χ4v) is 3.79. The highest BCUT2D eigenvalue weighted by atomic mass is 16.3. The minimum absolute atomic E-state index is 0.532. The van der Waals surface area contributed by atoms with Gasteiger partial charge in [-0.2, -0.15) is 4.90 Å². The molecule has 0 spiro atoms. The van der Waals surface area contributed by atoms with E-state index < -0.39 is 0 Å². The average Bonchev–Trinajstić information content (AvgIpc) is 2.91. The van der Waals surface area contributed by atoms with Crippen LogP contribution in [0.2, 0.25) is 0 Å². The van der Waals surface area contributed by atoms with E-state index in [-0.39, 0.29) is 0 Å². The van der Waals surface area contributed by atoms with E-state index in [4.69, 9.17) is 4.42 Å². The van der Waals surface area contributed by atoms with Gasteiger partial charge in [0.2, 0.25) is 0 Å². The van der Waals surface area contributed by atoms with E-state index in [1.165, 1.54) is 70.0 Å². The topological polar surface area (TPSA) is 33.1 Å². The number of fused-ring (bicyclic) bond motifs is 1. The van der Waals surface area contributed by atoms with Crippen LogP contribution in [0, 0.1) is 0 Å². The molecule has 3 aliphatic rings. The lowest BCUT2D eigenvalue weighted by atomic mass is 9.80. The molecule has 2 radical (unpaired) electrons. The fraction of sp³-hybridized carbons (Fsp3) is 0.765. The van der Waals surface area contributed by atoms with Crippen molar-refractivity contribution in [1.29, 1.82) is 0 Å². The van der Waals surface area contributed by atoms with E-state index in [1.54, 1.807) is 6.26 Å². The lowest BCUT2D eigenvalue weighted by molar-refractivity contribution is 0.122. The van der Waals surface area contributed by atoms with Crippen molar-refractivity contribution in [3.63, 3.8) is 0 Å². The molecular weight excluding hydrogens is 248 g/mol. The summed E-state index contributed by atoms with van der Waals surface area (Å²) < 4.78 is 5.11. The molecule has 0 N–H and O–H groups in total. The Balaban J connectivity index is 0.000000147. The zero-order valence-electron chi connectivity index (χ0n) is 12.5. The van der Waals surface area contributed by atoms with Gasteiger partial charge in [-0.1, -0.05) is 12.8 Å². The Morgan fingerprint density at radius 2 is 1.90 bits per heavy atom. The molecule has 1 aromatic rings. The van der Waals surface area contributed by atoms with Crippen molar-refractivity contribution in [2.75, 3.05) is 26.2 Å². The Morgan fingerprint density at radius 3 is 2.50 bits per heavy atom. The van der Waals surface area contributed by atoms with Crippen LogP contribution in [0.25, 0.3) is 0 Å². The molecule has 1 aromatic heterocycles. The number of hydrogen-bond acceptors (Lipinski definition) is 2. The van der Waals surface area contributed by atoms with Crippen LogP contribution in [-0.2, 0) is 6.42 Å². The molecule has 3 aliphatic heterocycles. The maximum absolute atomic E-state index is 5.11. The van der Waals surface area contributed by atoms with Crippen LogP contribution < -0.4 is 10.2 Å². The molecule has 0 aliphatic carbocycles. The molecular formula is C17H27N2O+. The van der Waals surface area contributed by atoms with Gasteiger partial charge in [0, 0.05) is 32.4 Å². The van der Waals surface area contributed by atoms with Crippen LogP contribution in [0.15, 0.2) is 23.0 Å². The lowest BCUT2D eigenvalue weighted by Crippen LogP contribution is -2.61. The molecule has 0 amide bonds. The summed E-state index contributed by atoms with van der Waals surface area (Å²) in [6.07, 6.45) is 14.5. The lowest BCUT2D eigenvalue weighted by Gasteiger charge is -2.37. The number of hydrogen-bond donors (Lipinski definition) is 0. The standard InChI is InChI=1S/C11H15NO.C6H12N/c1-3-11(4-6-12(11)5-1)8-10-2-7-13-9-10;1-2-4-6-7-5-3-1/h2,7,9H,1,3-6,8H2;1-6H2/q+1;. The minimum atomic E-state index is 0.532. The van der Waals surface area contributed by atoms with Gasteiger partial charge in [0.15, 0.2) is 5.54 Å². The molecule has 3 nitrogen and oxygen atoms in total. The Morgan fingerprint density at radius 1 is 1.05 bits per heavy atom. The van der Waals surface area contributed by atoms with Gasteiger partial charge in [-0.05, 0) is 24.5 Å². The van der Waals surface area contributed by atoms with Crippen molar-refractivity contribution in [3.8, 4) is 0 Å². The van der Waals surface area contributed by atoms with Gasteiger partial charge in [0.1, 0.15) is 13.1 Å². The van der Waals surface area contributed by atoms with Crippen molar-refractivity contribution in [1.82, 2.24) is 10.2 Å². The van der Waals surface area contributed by atoms with Gasteiger partial charge in [-0.15, -0.1) is 0 Å². The summed E-state index contributed by atoms with van der Waals surface area (Å²) >= 11 is 0. The number of nitrogens with zero attached hydrogens (tertiary/aromatic N) is 2. The third-order valence-electron chi connectivity index (χ3n) is 5.08. The molecule has 20 heavy (non-hydrogen) atoms. The summed E-state index contributed by atoms with van der Waals surface area (Å²) in [4.78, 5) is 2.64. The van der Waals surface area contributed by atoms with Gasteiger partial charge in [-0.3, -0.25) is 0 Å². The van der Waals surface area contributed by atoms with Crippen LogP contribution in [0.3, 0.4) is 0 Å². The van der Waals surface area contributed by atoms with Crippen LogP contribution in [-0.4, -0.2) is 31.7 Å². The van der Waals surface area contributed by atoms with Gasteiger partial charge < -0.3 is 4.42 Å². The van der Waals surface area contributed by atoms with E-state index in [0.29, 0.717) is 5.54 Å². The molecule has 4 rings (SSSR count). The summed E-state index contributed by atoms with van der Waals surface area (Å²) in [5.74, 6) is 0. The van der Waals surface area contributed by atoms with Crippen LogP contribution in [0.5, 0.6) is 0 Å². The van der Waals surface area contributed by atoms with Gasteiger partial charge in [-0.25, -0.2) is 5.32 Å². The van der Waals surface area contributed by atoms with Gasteiger partial charge in [0.05, 0.1) is 18.9 Å². The maximum Gasteiger partial charge on any atom is 0.152 e. The Kier molecular flexibility index (Phi) is 4.79. The zero-order chi connectivity index (χ0) is 13.7. The average molecular weight is 275 g/mol. The first-order chi connectivity index (χ1) is 9.89. The molecule has 0 bridgehead atoms. The van der Waals surface area contributed by atoms with E-state index in [2.05, 4.69) is 16.3 Å². The van der Waals surface area contributed by atoms with Crippen LogP contribution in [0.1, 0.15) is 50.5 Å². The second kappa shape index (κ2) is 6.77. The fourth-order valence-electron chi connectivity index (χ4n) is 3.79. The Labute approximate surface area is 122 Å². The zero-order valence-corrected chi connectivity index (χ0v) is 12.5. The summed E-state index contributed by atoms with van der Waals surface area (Å²) in [5, 5.41) is 4.27. The summed E-state index contributed by atoms with van der Waals surface area (Å²) in [6, 6.07) is 2.10. The van der Waals surface area contributed by atoms with Gasteiger partial charge >= 0.3 is 0 Å². The highest BCUT2D eigenvalue weighted by Crippen LogP contribution is 2.40. The van der Waals surface area contributed by atoms with Crippen molar-refractivity contribution >= 4 is 0 Å². The first kappa shape index (κ1) is 14.2. The monoisotopic (exact) mass is 275 g/mol. The first-order valence-electron chi connectivity index (χ1n) is 8.28. The summed E-state index contributed by atoms with van der Waals surface area (Å²) in [7, 11) is 0. The second-order valence-corrected chi connectivity index (χ2v) is 6.46. The molecule has 0 saturated carbocycles. The quantitative estimate of drug-likeness (QED) is 0.764. The molecule has 4 heterocycles. The molecule has 110 valence electrons. The third-order valence-corrected chi connectivity index (χ3v) is 5.08. The SMILES string of the molecule is C1CCC[N]CC1.c1cc(CC23CCC[N+]2CC3)co1. The van der Waals surface area contributed by atoms with Crippen molar-refractivity contribution in [2.45, 2.75) is 56.9 Å². The molecule has 3 fully saturated rings. The van der Waals surface area contributed by atoms with Crippen molar-refractivity contribution < 1.29 is 4.42 Å². The highest BCUT2D eigenvalue weighted by molar-refractivity contribution is 5.18. The minimum Gasteiger partial charge on any atom is -0.472 e. The Bertz CT molecular complexity index is 370. The molecule has 1 atom stereocenters. The van der Waals surface area contributed by atoms with Crippen LogP contribution >= 0.6 is 0 Å². The smallest absolute Gasteiger partial charge is 0.152 e. The van der Waals surface area contributed by atoms with Gasteiger partial charge in [0.25, 0.3) is 0 Å². The summed E-state index contributed by atoms with van der Waals surface area (Å²) in [5.41, 5.74) is 1.90. The molecule has 1 unspecified atom stereocenters. The van der Waals surface area contributed by atoms with Crippen molar-refractivity contribution in [3.05, 3.63) is 24.2 Å². The predicted octanol–water partition coefficient (Wildman–Crippen LogP) is 3.06. The first-order valence-corrected chi connectivity index (χ1v) is 8.28. The third kappa shape index (κ3) is 3.26. The maximum atomic E-state index is 5.11. The van der Waals surface area contributed by atoms with Crippen LogP contribution in [0.4, 0.5) is 0 Å². The van der Waals surface area contributed by atoms with E-state index in [1.807, 2.05) is 6.26 Å². The molecule has 0 aromatic carbocycles. The summed E-state index contributed by atoms with van der Waals surface area (Å²) in [6.45, 7) is 4.88. The van der Waals surface area contributed by atoms with E-state index >= 15 is 0 Å². The Hall–Kier alpha value is -0.800. The number of furan rings is 1. The predicted molar refractivity (Wildman–Crippen MR) is 81.2 cm³/mol. The largest absolute Gasteiger partial charge is 0.472 e. The second-order valence-electron chi connectivity index (χ2n) is 6.46. The highest BCUT2D eigenvalue weighted by Gasteiger charge is 2.57.